The van der Waals surface area contributed by atoms with E-state index in [0.29, 0.717) is 24.5 Å². The summed E-state index contributed by atoms with van der Waals surface area (Å²) >= 11 is 0. The monoisotopic (exact) mass is 355 g/mol. The van der Waals surface area contributed by atoms with E-state index in [2.05, 4.69) is 0 Å². The van der Waals surface area contributed by atoms with Crippen molar-refractivity contribution in [1.82, 2.24) is 0 Å². The molecular formula is C20H21NO5. The molecule has 0 N–H and O–H groups in total. The van der Waals surface area contributed by atoms with Gasteiger partial charge < -0.3 is 9.47 Å². The molecule has 1 atom stereocenters. The molecule has 0 bridgehead atoms. The lowest BCUT2D eigenvalue weighted by Gasteiger charge is -2.19. The van der Waals surface area contributed by atoms with E-state index in [1.165, 1.54) is 18.2 Å². The topological polar surface area (TPSA) is 82.0 Å². The van der Waals surface area contributed by atoms with Gasteiger partial charge in [-0.05, 0) is 29.2 Å². The molecule has 1 unspecified atom stereocenters. The number of hydrogen-bond acceptors (Lipinski definition) is 5. The number of carbonyl (C=O) groups is 1. The molecule has 0 aromatic heterocycles. The highest BCUT2D eigenvalue weighted by Crippen LogP contribution is 2.29. The Hall–Kier alpha value is -2.73. The molecule has 6 nitrogen and oxygen atoms in total. The van der Waals surface area contributed by atoms with Crippen LogP contribution in [-0.4, -0.2) is 30.0 Å². The van der Waals surface area contributed by atoms with Crippen molar-refractivity contribution in [3.05, 3.63) is 69.3 Å². The van der Waals surface area contributed by atoms with Crippen molar-refractivity contribution < 1.29 is 19.2 Å². The second-order valence-corrected chi connectivity index (χ2v) is 7.36. The SMILES string of the molecule is CC(C)(C)c1cccc(C(=O)c2cc(OCC3CO3)ccc2[N+](=O)[O-])c1. The number of epoxide rings is 1. The summed E-state index contributed by atoms with van der Waals surface area (Å²) in [5, 5.41) is 11.4. The van der Waals surface area contributed by atoms with E-state index in [9.17, 15) is 14.9 Å². The van der Waals surface area contributed by atoms with Crippen LogP contribution in [0.5, 0.6) is 5.75 Å². The molecule has 1 fully saturated rings. The van der Waals surface area contributed by atoms with Crippen molar-refractivity contribution in [3.63, 3.8) is 0 Å². The quantitative estimate of drug-likeness (QED) is 0.340. The molecule has 1 saturated heterocycles. The number of ether oxygens (including phenoxy) is 2. The molecule has 0 amide bonds. The Balaban J connectivity index is 1.96. The Kier molecular flexibility index (Phi) is 4.78. The summed E-state index contributed by atoms with van der Waals surface area (Å²) in [6.45, 7) is 7.16. The van der Waals surface area contributed by atoms with E-state index in [4.69, 9.17) is 9.47 Å². The highest BCUT2D eigenvalue weighted by atomic mass is 16.6. The standard InChI is InChI=1S/C20H21NO5/c1-20(2,3)14-6-4-5-13(9-14)19(22)17-10-15(25-11-16-12-26-16)7-8-18(17)21(23)24/h4-10,16H,11-12H2,1-3H3. The molecule has 2 aromatic carbocycles. The first-order chi connectivity index (χ1) is 12.3. The summed E-state index contributed by atoms with van der Waals surface area (Å²) in [6, 6.07) is 11.5. The highest BCUT2D eigenvalue weighted by molar-refractivity contribution is 6.11. The minimum atomic E-state index is -0.547. The van der Waals surface area contributed by atoms with Crippen LogP contribution >= 0.6 is 0 Å². The maximum atomic E-state index is 13.0. The first kappa shape index (κ1) is 18.1. The van der Waals surface area contributed by atoms with Crippen LogP contribution in [0.25, 0.3) is 0 Å². The van der Waals surface area contributed by atoms with Gasteiger partial charge in [-0.25, -0.2) is 0 Å². The number of rotatable bonds is 6. The molecular weight excluding hydrogens is 334 g/mol. The molecule has 1 heterocycles. The van der Waals surface area contributed by atoms with Gasteiger partial charge in [-0.2, -0.15) is 0 Å². The minimum Gasteiger partial charge on any atom is -0.491 e. The lowest BCUT2D eigenvalue weighted by atomic mass is 9.85. The predicted octanol–water partition coefficient (Wildman–Crippen LogP) is 3.90. The number of carbonyl (C=O) groups excluding carboxylic acids is 1. The zero-order valence-corrected chi connectivity index (χ0v) is 15.0. The normalized spacial score (nSPS) is 16.2. The largest absolute Gasteiger partial charge is 0.491 e. The number of ketones is 1. The Morgan fingerprint density at radius 2 is 2.00 bits per heavy atom. The van der Waals surface area contributed by atoms with E-state index in [0.717, 1.165) is 5.56 Å². The third-order valence-corrected chi connectivity index (χ3v) is 4.24. The zero-order valence-electron chi connectivity index (χ0n) is 15.0. The highest BCUT2D eigenvalue weighted by Gasteiger charge is 2.26. The molecule has 26 heavy (non-hydrogen) atoms. The van der Waals surface area contributed by atoms with Crippen molar-refractivity contribution >= 4 is 11.5 Å². The van der Waals surface area contributed by atoms with E-state index in [1.807, 2.05) is 26.8 Å². The maximum absolute atomic E-state index is 13.0. The maximum Gasteiger partial charge on any atom is 0.280 e. The first-order valence-corrected chi connectivity index (χ1v) is 8.44. The van der Waals surface area contributed by atoms with Gasteiger partial charge in [0.05, 0.1) is 11.5 Å². The van der Waals surface area contributed by atoms with Gasteiger partial charge >= 0.3 is 0 Å². The average molecular weight is 355 g/mol. The molecule has 1 aliphatic rings. The smallest absolute Gasteiger partial charge is 0.280 e. The fourth-order valence-electron chi connectivity index (χ4n) is 2.58. The van der Waals surface area contributed by atoms with Gasteiger partial charge in [0.25, 0.3) is 5.69 Å². The van der Waals surface area contributed by atoms with Gasteiger partial charge in [0.1, 0.15) is 24.0 Å². The summed E-state index contributed by atoms with van der Waals surface area (Å²) < 4.78 is 10.7. The molecule has 2 aromatic rings. The van der Waals surface area contributed by atoms with Crippen molar-refractivity contribution in [1.29, 1.82) is 0 Å². The molecule has 1 aliphatic heterocycles. The number of nitrogens with zero attached hydrogens (tertiary/aromatic N) is 1. The fourth-order valence-corrected chi connectivity index (χ4v) is 2.58. The number of nitro groups is 1. The van der Waals surface area contributed by atoms with E-state index >= 15 is 0 Å². The van der Waals surface area contributed by atoms with Crippen LogP contribution in [0.1, 0.15) is 42.3 Å². The molecule has 0 radical (unpaired) electrons. The summed E-state index contributed by atoms with van der Waals surface area (Å²) in [5.74, 6) is 0.0253. The Morgan fingerprint density at radius 3 is 2.62 bits per heavy atom. The van der Waals surface area contributed by atoms with E-state index in [1.54, 1.807) is 18.2 Å². The summed E-state index contributed by atoms with van der Waals surface area (Å²) in [4.78, 5) is 23.8. The summed E-state index contributed by atoms with van der Waals surface area (Å²) in [5.41, 5.74) is 1.08. The Bertz CT molecular complexity index is 850. The van der Waals surface area contributed by atoms with Gasteiger partial charge in [0, 0.05) is 11.6 Å². The Labute approximate surface area is 151 Å². The second kappa shape index (κ2) is 6.88. The van der Waals surface area contributed by atoms with Crippen molar-refractivity contribution in [3.8, 4) is 5.75 Å². The molecule has 6 heteroatoms. The third-order valence-electron chi connectivity index (χ3n) is 4.24. The Morgan fingerprint density at radius 1 is 1.27 bits per heavy atom. The lowest BCUT2D eigenvalue weighted by molar-refractivity contribution is -0.385. The van der Waals surface area contributed by atoms with Gasteiger partial charge in [-0.1, -0.05) is 39.0 Å². The second-order valence-electron chi connectivity index (χ2n) is 7.36. The van der Waals surface area contributed by atoms with Gasteiger partial charge in [0.15, 0.2) is 5.78 Å². The minimum absolute atomic E-state index is 0.0234. The molecule has 0 spiro atoms. The zero-order chi connectivity index (χ0) is 18.9. The van der Waals surface area contributed by atoms with Gasteiger partial charge in [-0.3, -0.25) is 14.9 Å². The summed E-state index contributed by atoms with van der Waals surface area (Å²) in [7, 11) is 0. The number of benzene rings is 2. The van der Waals surface area contributed by atoms with Gasteiger partial charge in [0.2, 0.25) is 0 Å². The van der Waals surface area contributed by atoms with Crippen LogP contribution in [-0.2, 0) is 10.2 Å². The van der Waals surface area contributed by atoms with Crippen LogP contribution < -0.4 is 4.74 Å². The van der Waals surface area contributed by atoms with Crippen LogP contribution in [0.3, 0.4) is 0 Å². The molecule has 0 saturated carbocycles. The predicted molar refractivity (Wildman–Crippen MR) is 96.9 cm³/mol. The van der Waals surface area contributed by atoms with Crippen LogP contribution in [0.2, 0.25) is 0 Å². The van der Waals surface area contributed by atoms with Crippen LogP contribution in [0, 0.1) is 10.1 Å². The van der Waals surface area contributed by atoms with Crippen molar-refractivity contribution in [2.45, 2.75) is 32.3 Å². The average Bonchev–Trinajstić information content (AvgIpc) is 3.42. The fraction of sp³-hybridized carbons (Fsp3) is 0.350. The van der Waals surface area contributed by atoms with Crippen LogP contribution in [0.4, 0.5) is 5.69 Å². The third kappa shape index (κ3) is 4.08. The van der Waals surface area contributed by atoms with Gasteiger partial charge in [-0.15, -0.1) is 0 Å². The van der Waals surface area contributed by atoms with Crippen molar-refractivity contribution in [2.75, 3.05) is 13.2 Å². The molecule has 136 valence electrons. The number of nitro benzene ring substituents is 1. The molecule has 0 aliphatic carbocycles. The molecule has 3 rings (SSSR count). The van der Waals surface area contributed by atoms with Crippen LogP contribution in [0.15, 0.2) is 42.5 Å². The number of hydrogen-bond donors (Lipinski definition) is 0. The lowest BCUT2D eigenvalue weighted by Crippen LogP contribution is -2.13. The van der Waals surface area contributed by atoms with Crippen molar-refractivity contribution in [2.24, 2.45) is 0 Å². The summed E-state index contributed by atoms with van der Waals surface area (Å²) in [6.07, 6.45) is 0.0628. The van der Waals surface area contributed by atoms with E-state index in [-0.39, 0.29) is 22.8 Å². The first-order valence-electron chi connectivity index (χ1n) is 8.44. The van der Waals surface area contributed by atoms with E-state index < -0.39 is 10.7 Å².